The highest BCUT2D eigenvalue weighted by molar-refractivity contribution is 7.89. The van der Waals surface area contributed by atoms with Crippen LogP contribution in [0.5, 0.6) is 0 Å². The Morgan fingerprint density at radius 3 is 2.36 bits per heavy atom. The van der Waals surface area contributed by atoms with Crippen LogP contribution >= 0.6 is 0 Å². The number of rotatable bonds is 6. The lowest BCUT2D eigenvalue weighted by molar-refractivity contribution is 0.246. The minimum atomic E-state index is -4.06. The molecule has 1 heterocycles. The zero-order valence-corrected chi connectivity index (χ0v) is 14.5. The Morgan fingerprint density at radius 2 is 1.72 bits per heavy atom. The molecule has 1 N–H and O–H groups in total. The summed E-state index contributed by atoms with van der Waals surface area (Å²) >= 11 is 0. The van der Waals surface area contributed by atoms with Crippen LogP contribution in [0.1, 0.15) is 24.4 Å². The number of nitrogens with zero attached hydrogens (tertiary/aromatic N) is 1. The summed E-state index contributed by atoms with van der Waals surface area (Å²) in [6, 6.07) is 12.0. The van der Waals surface area contributed by atoms with E-state index < -0.39 is 26.6 Å². The van der Waals surface area contributed by atoms with Crippen LogP contribution in [0.2, 0.25) is 0 Å². The standard InChI is InChI=1S/C18H20F2N2O2S/c19-15-8-9-18(16(20)12-15)25(23,24)21-13-17(22-10-4-5-11-22)14-6-2-1-3-7-14/h1-3,6-9,12,17,21H,4-5,10-11,13H2/t17-/m0/s1. The molecule has 1 fully saturated rings. The second-order valence-electron chi connectivity index (χ2n) is 6.10. The summed E-state index contributed by atoms with van der Waals surface area (Å²) in [5.41, 5.74) is 1.01. The van der Waals surface area contributed by atoms with Gasteiger partial charge in [0.05, 0.1) is 0 Å². The molecule has 1 atom stereocenters. The Balaban J connectivity index is 1.80. The van der Waals surface area contributed by atoms with E-state index in [2.05, 4.69) is 9.62 Å². The maximum atomic E-state index is 13.8. The summed E-state index contributed by atoms with van der Waals surface area (Å²) in [7, 11) is -4.06. The van der Waals surface area contributed by atoms with Gasteiger partial charge in [-0.15, -0.1) is 0 Å². The van der Waals surface area contributed by atoms with Crippen LogP contribution in [0.25, 0.3) is 0 Å². The maximum Gasteiger partial charge on any atom is 0.243 e. The Morgan fingerprint density at radius 1 is 1.04 bits per heavy atom. The molecule has 0 unspecified atom stereocenters. The molecular formula is C18H20F2N2O2S. The van der Waals surface area contributed by atoms with Crippen molar-refractivity contribution in [3.05, 3.63) is 65.7 Å². The molecule has 0 radical (unpaired) electrons. The predicted octanol–water partition coefficient (Wildman–Crippen LogP) is 3.08. The van der Waals surface area contributed by atoms with Gasteiger partial charge >= 0.3 is 0 Å². The van der Waals surface area contributed by atoms with Gasteiger partial charge in [0.2, 0.25) is 10.0 Å². The van der Waals surface area contributed by atoms with Crippen molar-refractivity contribution in [2.45, 2.75) is 23.8 Å². The van der Waals surface area contributed by atoms with Crippen molar-refractivity contribution < 1.29 is 17.2 Å². The molecule has 0 amide bonds. The molecule has 0 bridgehead atoms. The van der Waals surface area contributed by atoms with E-state index in [4.69, 9.17) is 0 Å². The third-order valence-corrected chi connectivity index (χ3v) is 5.87. The van der Waals surface area contributed by atoms with Crippen molar-refractivity contribution in [2.24, 2.45) is 0 Å². The largest absolute Gasteiger partial charge is 0.295 e. The topological polar surface area (TPSA) is 49.4 Å². The molecule has 3 rings (SSSR count). The van der Waals surface area contributed by atoms with E-state index in [1.807, 2.05) is 30.3 Å². The van der Waals surface area contributed by atoms with Gasteiger partial charge in [-0.05, 0) is 43.6 Å². The van der Waals surface area contributed by atoms with Gasteiger partial charge in [0.25, 0.3) is 0 Å². The SMILES string of the molecule is O=S(=O)(NC[C@@H](c1ccccc1)N1CCCC1)c1ccc(F)cc1F. The van der Waals surface area contributed by atoms with E-state index in [0.717, 1.165) is 43.6 Å². The van der Waals surface area contributed by atoms with Crippen LogP contribution in [0.4, 0.5) is 8.78 Å². The highest BCUT2D eigenvalue weighted by atomic mass is 32.2. The van der Waals surface area contributed by atoms with Crippen LogP contribution in [0.15, 0.2) is 53.4 Å². The average Bonchev–Trinajstić information content (AvgIpc) is 3.10. The third kappa shape index (κ3) is 4.23. The molecule has 0 saturated carbocycles. The lowest BCUT2D eigenvalue weighted by Gasteiger charge is -2.28. The van der Waals surface area contributed by atoms with E-state index >= 15 is 0 Å². The van der Waals surface area contributed by atoms with Crippen molar-refractivity contribution in [2.75, 3.05) is 19.6 Å². The minimum absolute atomic E-state index is 0.123. The maximum absolute atomic E-state index is 13.8. The summed E-state index contributed by atoms with van der Waals surface area (Å²) in [6.07, 6.45) is 2.14. The van der Waals surface area contributed by atoms with Crippen LogP contribution < -0.4 is 4.72 Å². The van der Waals surface area contributed by atoms with Crippen LogP contribution in [0.3, 0.4) is 0 Å². The fourth-order valence-corrected chi connectivity index (χ4v) is 4.24. The van der Waals surface area contributed by atoms with E-state index in [1.165, 1.54) is 0 Å². The molecule has 0 aliphatic carbocycles. The molecule has 134 valence electrons. The molecule has 7 heteroatoms. The van der Waals surface area contributed by atoms with Gasteiger partial charge in [-0.2, -0.15) is 0 Å². The Kier molecular flexibility index (Phi) is 5.46. The van der Waals surface area contributed by atoms with Gasteiger partial charge < -0.3 is 0 Å². The number of hydrogen-bond donors (Lipinski definition) is 1. The first-order valence-electron chi connectivity index (χ1n) is 8.21. The molecule has 0 spiro atoms. The lowest BCUT2D eigenvalue weighted by Crippen LogP contribution is -2.37. The number of likely N-dealkylation sites (tertiary alicyclic amines) is 1. The Hall–Kier alpha value is -1.83. The van der Waals surface area contributed by atoms with Crippen molar-refractivity contribution in [3.8, 4) is 0 Å². The van der Waals surface area contributed by atoms with Gasteiger partial charge in [0, 0.05) is 18.7 Å². The quantitative estimate of drug-likeness (QED) is 0.855. The van der Waals surface area contributed by atoms with Gasteiger partial charge in [-0.3, -0.25) is 4.90 Å². The van der Waals surface area contributed by atoms with Crippen LogP contribution in [0, 0.1) is 11.6 Å². The first-order chi connectivity index (χ1) is 12.0. The monoisotopic (exact) mass is 366 g/mol. The number of sulfonamides is 1. The molecule has 0 aromatic heterocycles. The molecule has 2 aromatic rings. The van der Waals surface area contributed by atoms with E-state index in [0.29, 0.717) is 6.07 Å². The third-order valence-electron chi connectivity index (χ3n) is 4.42. The second-order valence-corrected chi connectivity index (χ2v) is 7.83. The molecule has 2 aromatic carbocycles. The smallest absolute Gasteiger partial charge is 0.243 e. The van der Waals surface area contributed by atoms with E-state index in [1.54, 1.807) is 0 Å². The van der Waals surface area contributed by atoms with Gasteiger partial charge in [-0.1, -0.05) is 30.3 Å². The highest BCUT2D eigenvalue weighted by Gasteiger charge is 2.26. The first kappa shape index (κ1) is 18.0. The van der Waals surface area contributed by atoms with Crippen LogP contribution in [-0.2, 0) is 10.0 Å². The number of benzene rings is 2. The minimum Gasteiger partial charge on any atom is -0.295 e. The molecule has 25 heavy (non-hydrogen) atoms. The normalized spacial score (nSPS) is 16.9. The summed E-state index contributed by atoms with van der Waals surface area (Å²) in [5, 5.41) is 0. The number of halogens is 2. The zero-order chi connectivity index (χ0) is 17.9. The molecule has 1 saturated heterocycles. The van der Waals surface area contributed by atoms with E-state index in [9.17, 15) is 17.2 Å². The van der Waals surface area contributed by atoms with Crippen LogP contribution in [-0.4, -0.2) is 33.0 Å². The van der Waals surface area contributed by atoms with Gasteiger partial charge in [0.15, 0.2) is 0 Å². The number of hydrogen-bond acceptors (Lipinski definition) is 3. The van der Waals surface area contributed by atoms with Crippen molar-refractivity contribution in [1.82, 2.24) is 9.62 Å². The Bertz CT molecular complexity index is 822. The fourth-order valence-electron chi connectivity index (χ4n) is 3.15. The fraction of sp³-hybridized carbons (Fsp3) is 0.333. The average molecular weight is 366 g/mol. The van der Waals surface area contributed by atoms with Gasteiger partial charge in [-0.25, -0.2) is 21.9 Å². The summed E-state index contributed by atoms with van der Waals surface area (Å²) in [4.78, 5) is 1.68. The second kappa shape index (κ2) is 7.59. The van der Waals surface area contributed by atoms with Gasteiger partial charge in [0.1, 0.15) is 16.5 Å². The zero-order valence-electron chi connectivity index (χ0n) is 13.7. The summed E-state index contributed by atoms with van der Waals surface area (Å²) in [6.45, 7) is 1.92. The lowest BCUT2D eigenvalue weighted by atomic mass is 10.1. The number of nitrogens with one attached hydrogen (secondary N) is 1. The molecule has 1 aliphatic heterocycles. The highest BCUT2D eigenvalue weighted by Crippen LogP contribution is 2.25. The van der Waals surface area contributed by atoms with E-state index in [-0.39, 0.29) is 12.6 Å². The van der Waals surface area contributed by atoms with Crippen molar-refractivity contribution >= 4 is 10.0 Å². The molecule has 4 nitrogen and oxygen atoms in total. The Labute approximate surface area is 146 Å². The summed E-state index contributed by atoms with van der Waals surface area (Å²) in [5.74, 6) is -1.90. The van der Waals surface area contributed by atoms with Crippen molar-refractivity contribution in [1.29, 1.82) is 0 Å². The molecular weight excluding hydrogens is 346 g/mol. The summed E-state index contributed by atoms with van der Waals surface area (Å²) < 4.78 is 54.2. The van der Waals surface area contributed by atoms with Crippen molar-refractivity contribution in [3.63, 3.8) is 0 Å². The first-order valence-corrected chi connectivity index (χ1v) is 9.69. The molecule has 1 aliphatic rings. The predicted molar refractivity (Wildman–Crippen MR) is 91.5 cm³/mol.